The molecule has 0 aliphatic carbocycles. The molecule has 2 N–H and O–H groups in total. The normalized spacial score (nSPS) is 15.4. The second-order valence-corrected chi connectivity index (χ2v) is 7.14. The number of rotatable bonds is 5. The van der Waals surface area contributed by atoms with Crippen LogP contribution in [-0.4, -0.2) is 56.2 Å². The molecule has 0 spiro atoms. The maximum atomic E-state index is 12.3. The first-order valence-corrected chi connectivity index (χ1v) is 9.32. The molecule has 6 nitrogen and oxygen atoms in total. The Morgan fingerprint density at radius 3 is 2.44 bits per heavy atom. The summed E-state index contributed by atoms with van der Waals surface area (Å²) in [6, 6.07) is 12.7. The van der Waals surface area contributed by atoms with E-state index >= 15 is 0 Å². The summed E-state index contributed by atoms with van der Waals surface area (Å²) in [6.07, 6.45) is 0. The van der Waals surface area contributed by atoms with Crippen molar-refractivity contribution < 1.29 is 9.53 Å². The maximum absolute atomic E-state index is 12.3. The topological polar surface area (TPSA) is 56.8 Å². The van der Waals surface area contributed by atoms with E-state index in [0.717, 1.165) is 38.4 Å². The number of piperazine rings is 1. The van der Waals surface area contributed by atoms with Crippen molar-refractivity contribution in [3.63, 3.8) is 0 Å². The highest BCUT2D eigenvalue weighted by Gasteiger charge is 2.14. The van der Waals surface area contributed by atoms with Crippen molar-refractivity contribution in [2.45, 2.75) is 6.54 Å². The highest BCUT2D eigenvalue weighted by atomic mass is 35.5. The summed E-state index contributed by atoms with van der Waals surface area (Å²) < 4.78 is 5.24. The number of methoxy groups -OCH3 is 1. The number of ether oxygens (including phenoxy) is 1. The molecule has 0 aromatic heterocycles. The minimum atomic E-state index is -0.345. The Bertz CT molecular complexity index is 774. The van der Waals surface area contributed by atoms with Gasteiger partial charge in [-0.2, -0.15) is 0 Å². The number of nitrogens with one attached hydrogen (secondary N) is 2. The van der Waals surface area contributed by atoms with Gasteiger partial charge in [0, 0.05) is 43.4 Å². The third-order valence-electron chi connectivity index (χ3n) is 4.62. The molecule has 2 amide bonds. The van der Waals surface area contributed by atoms with Crippen molar-refractivity contribution >= 4 is 29.0 Å². The van der Waals surface area contributed by atoms with Gasteiger partial charge in [0.05, 0.1) is 12.8 Å². The summed E-state index contributed by atoms with van der Waals surface area (Å²) in [5, 5.41) is 6.12. The quantitative estimate of drug-likeness (QED) is 0.819. The van der Waals surface area contributed by atoms with Crippen molar-refractivity contribution in [2.75, 3.05) is 51.0 Å². The number of amides is 2. The van der Waals surface area contributed by atoms with Crippen molar-refractivity contribution in [2.24, 2.45) is 0 Å². The van der Waals surface area contributed by atoms with Crippen molar-refractivity contribution in [3.8, 4) is 5.75 Å². The summed E-state index contributed by atoms with van der Waals surface area (Å²) >= 11 is 5.99. The largest absolute Gasteiger partial charge is 0.495 e. The Hall–Kier alpha value is -2.28. The van der Waals surface area contributed by atoms with E-state index in [1.807, 2.05) is 24.3 Å². The SMILES string of the molecule is COc1ccc(Cl)cc1NC(=O)Nc1ccc(CN2CCN(C)CC2)cc1. The van der Waals surface area contributed by atoms with Crippen LogP contribution in [0.15, 0.2) is 42.5 Å². The van der Waals surface area contributed by atoms with E-state index in [1.165, 1.54) is 5.56 Å². The Labute approximate surface area is 165 Å². The fourth-order valence-corrected chi connectivity index (χ4v) is 3.19. The molecular weight excluding hydrogens is 364 g/mol. The average Bonchev–Trinajstić information content (AvgIpc) is 2.65. The van der Waals surface area contributed by atoms with Gasteiger partial charge in [0.25, 0.3) is 0 Å². The van der Waals surface area contributed by atoms with E-state index in [2.05, 4.69) is 27.5 Å². The molecule has 1 aliphatic rings. The Kier molecular flexibility index (Phi) is 6.55. The third-order valence-corrected chi connectivity index (χ3v) is 4.86. The molecule has 2 aromatic rings. The Morgan fingerprint density at radius 1 is 1.07 bits per heavy atom. The standard InChI is InChI=1S/C20H25ClN4O2/c1-24-9-11-25(12-10-24)14-15-3-6-17(7-4-15)22-20(26)23-18-13-16(21)5-8-19(18)27-2/h3-8,13H,9-12,14H2,1-2H3,(H2,22,23,26). The number of hydrogen-bond acceptors (Lipinski definition) is 4. The van der Waals surface area contributed by atoms with Crippen LogP contribution in [0.3, 0.4) is 0 Å². The zero-order valence-electron chi connectivity index (χ0n) is 15.7. The summed E-state index contributed by atoms with van der Waals surface area (Å²) in [4.78, 5) is 17.0. The van der Waals surface area contributed by atoms with E-state index in [1.54, 1.807) is 25.3 Å². The van der Waals surface area contributed by atoms with Crippen LogP contribution in [0.25, 0.3) is 0 Å². The van der Waals surface area contributed by atoms with Gasteiger partial charge in [-0.15, -0.1) is 0 Å². The van der Waals surface area contributed by atoms with Gasteiger partial charge in [-0.3, -0.25) is 4.90 Å². The molecule has 0 atom stereocenters. The molecule has 7 heteroatoms. The van der Waals surface area contributed by atoms with Crippen LogP contribution in [0.2, 0.25) is 5.02 Å². The molecule has 2 aromatic carbocycles. The van der Waals surface area contributed by atoms with Gasteiger partial charge in [0.15, 0.2) is 0 Å². The number of urea groups is 1. The Morgan fingerprint density at radius 2 is 1.78 bits per heavy atom. The summed E-state index contributed by atoms with van der Waals surface area (Å²) in [5.41, 5.74) is 2.49. The first-order chi connectivity index (χ1) is 13.0. The lowest BCUT2D eigenvalue weighted by atomic mass is 10.2. The summed E-state index contributed by atoms with van der Waals surface area (Å²) in [6.45, 7) is 5.31. The predicted octanol–water partition coefficient (Wildman–Crippen LogP) is 3.74. The highest BCUT2D eigenvalue weighted by Crippen LogP contribution is 2.27. The van der Waals surface area contributed by atoms with Gasteiger partial charge < -0.3 is 20.3 Å². The van der Waals surface area contributed by atoms with Crippen LogP contribution in [-0.2, 0) is 6.54 Å². The summed E-state index contributed by atoms with van der Waals surface area (Å²) in [7, 11) is 3.70. The van der Waals surface area contributed by atoms with Crippen LogP contribution in [0, 0.1) is 0 Å². The van der Waals surface area contributed by atoms with E-state index in [0.29, 0.717) is 16.5 Å². The van der Waals surface area contributed by atoms with Crippen molar-refractivity contribution in [1.29, 1.82) is 0 Å². The van der Waals surface area contributed by atoms with Crippen molar-refractivity contribution in [1.82, 2.24) is 9.80 Å². The zero-order valence-corrected chi connectivity index (χ0v) is 16.4. The number of halogens is 1. The van der Waals surface area contributed by atoms with Crippen LogP contribution in [0.5, 0.6) is 5.75 Å². The predicted molar refractivity (Wildman–Crippen MR) is 110 cm³/mol. The number of anilines is 2. The zero-order chi connectivity index (χ0) is 19.2. The third kappa shape index (κ3) is 5.60. The lowest BCUT2D eigenvalue weighted by Crippen LogP contribution is -2.43. The van der Waals surface area contributed by atoms with Crippen LogP contribution >= 0.6 is 11.6 Å². The number of carbonyl (C=O) groups excluding carboxylic acids is 1. The second kappa shape index (κ2) is 9.08. The second-order valence-electron chi connectivity index (χ2n) is 6.70. The number of carbonyl (C=O) groups is 1. The molecule has 0 radical (unpaired) electrons. The molecule has 144 valence electrons. The van der Waals surface area contributed by atoms with Gasteiger partial charge in [0.2, 0.25) is 0 Å². The number of likely N-dealkylation sites (N-methyl/N-ethyl adjacent to an activating group) is 1. The molecule has 27 heavy (non-hydrogen) atoms. The molecule has 0 unspecified atom stereocenters. The first-order valence-electron chi connectivity index (χ1n) is 8.95. The minimum absolute atomic E-state index is 0.345. The first kappa shape index (κ1) is 19.5. The van der Waals surface area contributed by atoms with Crippen molar-refractivity contribution in [3.05, 3.63) is 53.1 Å². The molecule has 0 saturated carbocycles. The van der Waals surface area contributed by atoms with E-state index < -0.39 is 0 Å². The lowest BCUT2D eigenvalue weighted by molar-refractivity contribution is 0.148. The number of hydrogen-bond donors (Lipinski definition) is 2. The van der Waals surface area contributed by atoms with Gasteiger partial charge in [-0.1, -0.05) is 23.7 Å². The van der Waals surface area contributed by atoms with Gasteiger partial charge >= 0.3 is 6.03 Å². The van der Waals surface area contributed by atoms with E-state index in [-0.39, 0.29) is 6.03 Å². The minimum Gasteiger partial charge on any atom is -0.495 e. The Balaban J connectivity index is 1.55. The van der Waals surface area contributed by atoms with E-state index in [4.69, 9.17) is 16.3 Å². The van der Waals surface area contributed by atoms with E-state index in [9.17, 15) is 4.79 Å². The fourth-order valence-electron chi connectivity index (χ4n) is 3.02. The molecule has 1 heterocycles. The van der Waals surface area contributed by atoms with Crippen LogP contribution in [0.4, 0.5) is 16.2 Å². The molecule has 1 saturated heterocycles. The van der Waals surface area contributed by atoms with Gasteiger partial charge in [-0.25, -0.2) is 4.79 Å². The molecule has 1 aliphatic heterocycles. The number of nitrogens with zero attached hydrogens (tertiary/aromatic N) is 2. The molecule has 3 rings (SSSR count). The average molecular weight is 389 g/mol. The summed E-state index contributed by atoms with van der Waals surface area (Å²) in [5.74, 6) is 0.553. The monoisotopic (exact) mass is 388 g/mol. The molecule has 0 bridgehead atoms. The van der Waals surface area contributed by atoms with Gasteiger partial charge in [-0.05, 0) is 42.9 Å². The smallest absolute Gasteiger partial charge is 0.323 e. The van der Waals surface area contributed by atoms with Gasteiger partial charge in [0.1, 0.15) is 5.75 Å². The number of benzene rings is 2. The lowest BCUT2D eigenvalue weighted by Gasteiger charge is -2.32. The maximum Gasteiger partial charge on any atom is 0.323 e. The highest BCUT2D eigenvalue weighted by molar-refractivity contribution is 6.31. The van der Waals surface area contributed by atoms with Crippen LogP contribution in [0.1, 0.15) is 5.56 Å². The van der Waals surface area contributed by atoms with Crippen LogP contribution < -0.4 is 15.4 Å². The molecule has 1 fully saturated rings. The fraction of sp³-hybridized carbons (Fsp3) is 0.350. The molecular formula is C20H25ClN4O2.